The lowest BCUT2D eigenvalue weighted by Crippen LogP contribution is -2.44. The average Bonchev–Trinajstić information content (AvgIpc) is 3.08. The molecule has 2 aliphatic rings. The van der Waals surface area contributed by atoms with Crippen molar-refractivity contribution in [3.63, 3.8) is 0 Å². The summed E-state index contributed by atoms with van der Waals surface area (Å²) in [6, 6.07) is 4.44. The smallest absolute Gasteiger partial charge is 0.164 e. The minimum atomic E-state index is 0.0870. The molecule has 23 heavy (non-hydrogen) atoms. The van der Waals surface area contributed by atoms with Crippen molar-refractivity contribution in [2.24, 2.45) is 5.41 Å². The Kier molecular flexibility index (Phi) is 4.38. The Labute approximate surface area is 149 Å². The molecule has 1 saturated carbocycles. The van der Waals surface area contributed by atoms with Crippen LogP contribution in [0.1, 0.15) is 44.7 Å². The maximum Gasteiger partial charge on any atom is 0.164 e. The number of benzene rings is 1. The van der Waals surface area contributed by atoms with Gasteiger partial charge in [-0.2, -0.15) is 0 Å². The number of hydrogen-bond donors (Lipinski definition) is 0. The van der Waals surface area contributed by atoms with Crippen LogP contribution in [0.4, 0.5) is 0 Å². The summed E-state index contributed by atoms with van der Waals surface area (Å²) in [5.74, 6) is 4.36. The Bertz CT molecular complexity index is 606. The molecule has 0 N–H and O–H groups in total. The second-order valence-corrected chi connectivity index (χ2v) is 10.4. The van der Waals surface area contributed by atoms with Gasteiger partial charge in [0.25, 0.3) is 0 Å². The lowest BCUT2D eigenvalue weighted by Gasteiger charge is -2.47. The van der Waals surface area contributed by atoms with Crippen molar-refractivity contribution >= 4 is 23.5 Å². The fourth-order valence-electron chi connectivity index (χ4n) is 4.44. The first-order chi connectivity index (χ1) is 10.8. The Hall–Kier alpha value is -0.480. The highest BCUT2D eigenvalue weighted by Crippen LogP contribution is 2.71. The number of hydrogen-bond acceptors (Lipinski definition) is 4. The first-order valence-corrected chi connectivity index (χ1v) is 10.3. The third kappa shape index (κ3) is 2.24. The number of ether oxygens (including phenoxy) is 2. The van der Waals surface area contributed by atoms with E-state index >= 15 is 0 Å². The van der Waals surface area contributed by atoms with Crippen LogP contribution in [0.5, 0.6) is 11.5 Å². The van der Waals surface area contributed by atoms with Gasteiger partial charge in [0.2, 0.25) is 0 Å². The van der Waals surface area contributed by atoms with Crippen LogP contribution in [-0.4, -0.2) is 29.8 Å². The molecule has 2 nitrogen and oxygen atoms in total. The van der Waals surface area contributed by atoms with E-state index in [4.69, 9.17) is 9.47 Å². The molecule has 1 unspecified atom stereocenters. The molecule has 1 atom stereocenters. The van der Waals surface area contributed by atoms with Crippen molar-refractivity contribution in [1.82, 2.24) is 0 Å². The highest BCUT2D eigenvalue weighted by atomic mass is 32.2. The van der Waals surface area contributed by atoms with Crippen molar-refractivity contribution in [3.8, 4) is 11.5 Å². The van der Waals surface area contributed by atoms with Crippen molar-refractivity contribution in [2.75, 3.05) is 25.7 Å². The zero-order valence-corrected chi connectivity index (χ0v) is 16.7. The van der Waals surface area contributed by atoms with Crippen LogP contribution in [0.25, 0.3) is 0 Å². The normalized spacial score (nSPS) is 28.3. The quantitative estimate of drug-likeness (QED) is 0.737. The van der Waals surface area contributed by atoms with Gasteiger partial charge in [0.1, 0.15) is 0 Å². The second kappa shape index (κ2) is 5.80. The minimum absolute atomic E-state index is 0.0870. The van der Waals surface area contributed by atoms with Gasteiger partial charge in [0.05, 0.1) is 18.3 Å². The van der Waals surface area contributed by atoms with E-state index in [2.05, 4.69) is 63.4 Å². The Morgan fingerprint density at radius 3 is 2.09 bits per heavy atom. The summed E-state index contributed by atoms with van der Waals surface area (Å²) in [5, 5.41) is 0. The third-order valence-corrected chi connectivity index (χ3v) is 10.5. The Morgan fingerprint density at radius 1 is 0.913 bits per heavy atom. The summed E-state index contributed by atoms with van der Waals surface area (Å²) in [7, 11) is 3.50. The van der Waals surface area contributed by atoms with E-state index in [-0.39, 0.29) is 10.8 Å². The van der Waals surface area contributed by atoms with Crippen LogP contribution in [0, 0.1) is 12.3 Å². The van der Waals surface area contributed by atoms with Gasteiger partial charge in [0, 0.05) is 22.5 Å². The number of rotatable bonds is 3. The van der Waals surface area contributed by atoms with Gasteiger partial charge in [-0.3, -0.25) is 0 Å². The summed E-state index contributed by atoms with van der Waals surface area (Å²) in [5.41, 5.74) is 2.72. The first-order valence-electron chi connectivity index (χ1n) is 8.33. The number of methoxy groups -OCH3 is 2. The van der Waals surface area contributed by atoms with E-state index in [1.165, 1.54) is 29.9 Å². The minimum Gasteiger partial charge on any atom is -0.493 e. The Balaban J connectivity index is 2.15. The molecule has 2 fully saturated rings. The van der Waals surface area contributed by atoms with Gasteiger partial charge in [0.15, 0.2) is 11.5 Å². The van der Waals surface area contributed by atoms with Crippen LogP contribution in [0.15, 0.2) is 12.1 Å². The van der Waals surface area contributed by atoms with Crippen molar-refractivity contribution in [3.05, 3.63) is 23.3 Å². The van der Waals surface area contributed by atoms with Gasteiger partial charge in [-0.05, 0) is 30.7 Å². The second-order valence-electron chi connectivity index (χ2n) is 7.40. The highest BCUT2D eigenvalue weighted by Gasteiger charge is 2.63. The van der Waals surface area contributed by atoms with Crippen molar-refractivity contribution in [2.45, 2.75) is 50.0 Å². The van der Waals surface area contributed by atoms with Gasteiger partial charge < -0.3 is 9.47 Å². The molecular formula is C19H28O2S2. The van der Waals surface area contributed by atoms with Crippen molar-refractivity contribution < 1.29 is 9.47 Å². The first kappa shape index (κ1) is 17.3. The van der Waals surface area contributed by atoms with E-state index in [9.17, 15) is 0 Å². The molecule has 0 radical (unpaired) electrons. The van der Waals surface area contributed by atoms with E-state index in [0.717, 1.165) is 17.1 Å². The molecular weight excluding hydrogens is 324 g/mol. The fourth-order valence-corrected chi connectivity index (χ4v) is 8.27. The lowest BCUT2D eigenvalue weighted by atomic mass is 9.64. The lowest BCUT2D eigenvalue weighted by molar-refractivity contribution is 0.212. The SMILES string of the molecule is COc1c(C)ccc(C2(C)CCC3(SCCS3)C2(C)C)c1OC. The molecule has 4 heteroatoms. The molecule has 1 saturated heterocycles. The van der Waals surface area contributed by atoms with Crippen molar-refractivity contribution in [1.29, 1.82) is 0 Å². The van der Waals surface area contributed by atoms with Gasteiger partial charge >= 0.3 is 0 Å². The molecule has 1 aromatic carbocycles. The van der Waals surface area contributed by atoms with Gasteiger partial charge in [-0.1, -0.05) is 32.9 Å². The predicted molar refractivity (Wildman–Crippen MR) is 102 cm³/mol. The third-order valence-electron chi connectivity index (χ3n) is 6.35. The largest absolute Gasteiger partial charge is 0.493 e. The zero-order chi connectivity index (χ0) is 16.9. The van der Waals surface area contributed by atoms with Gasteiger partial charge in [-0.15, -0.1) is 23.5 Å². The van der Waals surface area contributed by atoms with Crippen LogP contribution < -0.4 is 9.47 Å². The molecule has 3 rings (SSSR count). The summed E-state index contributed by atoms with van der Waals surface area (Å²) in [4.78, 5) is 0. The number of aryl methyl sites for hydroxylation is 1. The molecule has 0 aromatic heterocycles. The molecule has 1 aromatic rings. The van der Waals surface area contributed by atoms with Crippen LogP contribution in [0.3, 0.4) is 0 Å². The molecule has 0 amide bonds. The molecule has 1 aliphatic heterocycles. The molecule has 128 valence electrons. The van der Waals surface area contributed by atoms with Crippen LogP contribution in [-0.2, 0) is 5.41 Å². The monoisotopic (exact) mass is 352 g/mol. The summed E-state index contributed by atoms with van der Waals surface area (Å²) in [6.07, 6.45) is 2.47. The van der Waals surface area contributed by atoms with Crippen LogP contribution >= 0.6 is 23.5 Å². The maximum atomic E-state index is 5.83. The zero-order valence-electron chi connectivity index (χ0n) is 15.1. The van der Waals surface area contributed by atoms with E-state index in [1.807, 2.05) is 0 Å². The van der Waals surface area contributed by atoms with E-state index < -0.39 is 0 Å². The molecule has 1 heterocycles. The Morgan fingerprint density at radius 2 is 1.52 bits per heavy atom. The average molecular weight is 353 g/mol. The standard InChI is InChI=1S/C19H28O2S2/c1-13-7-8-14(16(21-6)15(13)20-5)18(4)9-10-19(17(18,2)3)22-11-12-23-19/h7-8H,9-12H2,1-6H3. The number of thioether (sulfide) groups is 2. The summed E-state index contributed by atoms with van der Waals surface area (Å²) >= 11 is 4.35. The molecule has 1 aliphatic carbocycles. The highest BCUT2D eigenvalue weighted by molar-refractivity contribution is 8.21. The topological polar surface area (TPSA) is 18.5 Å². The van der Waals surface area contributed by atoms with E-state index in [0.29, 0.717) is 4.08 Å². The van der Waals surface area contributed by atoms with E-state index in [1.54, 1.807) is 14.2 Å². The van der Waals surface area contributed by atoms with Crippen LogP contribution in [0.2, 0.25) is 0 Å². The maximum absolute atomic E-state index is 5.83. The molecule has 0 bridgehead atoms. The summed E-state index contributed by atoms with van der Waals surface area (Å²) < 4.78 is 11.8. The van der Waals surface area contributed by atoms with Gasteiger partial charge in [-0.25, -0.2) is 0 Å². The predicted octanol–water partition coefficient (Wildman–Crippen LogP) is 5.27. The summed E-state index contributed by atoms with van der Waals surface area (Å²) in [6.45, 7) is 9.42. The molecule has 1 spiro atoms. The fraction of sp³-hybridized carbons (Fsp3) is 0.684.